The molecule has 100 valence electrons. The third kappa shape index (κ3) is 5.50. The maximum atomic E-state index is 11.7. The van der Waals surface area contributed by atoms with Gasteiger partial charge in [0.05, 0.1) is 6.10 Å². The molecule has 1 rings (SSSR count). The minimum Gasteiger partial charge on any atom is -0.393 e. The van der Waals surface area contributed by atoms with Crippen LogP contribution in [0.3, 0.4) is 0 Å². The van der Waals surface area contributed by atoms with E-state index in [0.29, 0.717) is 37.3 Å². The molecule has 0 aromatic heterocycles. The first kappa shape index (κ1) is 14.5. The summed E-state index contributed by atoms with van der Waals surface area (Å²) in [6, 6.07) is 0. The minimum absolute atomic E-state index is 0.0995. The van der Waals surface area contributed by atoms with E-state index in [0.717, 1.165) is 19.3 Å². The molecular formula is C13H26N2O2. The lowest BCUT2D eigenvalue weighted by atomic mass is 9.82. The summed E-state index contributed by atoms with van der Waals surface area (Å²) in [6.45, 7) is 5.58. The van der Waals surface area contributed by atoms with Gasteiger partial charge in [-0.05, 0) is 43.6 Å². The second-order valence-electron chi connectivity index (χ2n) is 5.73. The zero-order valence-corrected chi connectivity index (χ0v) is 11.0. The molecule has 0 saturated heterocycles. The average molecular weight is 242 g/mol. The lowest BCUT2D eigenvalue weighted by molar-refractivity contribution is -0.122. The zero-order valence-electron chi connectivity index (χ0n) is 11.0. The summed E-state index contributed by atoms with van der Waals surface area (Å²) in [6.07, 6.45) is 3.05. The monoisotopic (exact) mass is 242 g/mol. The Morgan fingerprint density at radius 2 is 2.12 bits per heavy atom. The van der Waals surface area contributed by atoms with E-state index in [1.807, 2.05) is 0 Å². The molecule has 0 aromatic carbocycles. The van der Waals surface area contributed by atoms with Crippen molar-refractivity contribution in [1.82, 2.24) is 5.32 Å². The fraction of sp³-hybridized carbons (Fsp3) is 0.923. The van der Waals surface area contributed by atoms with Crippen molar-refractivity contribution in [2.24, 2.45) is 23.5 Å². The molecule has 1 amide bonds. The topological polar surface area (TPSA) is 75.4 Å². The van der Waals surface area contributed by atoms with Crippen LogP contribution in [0.25, 0.3) is 0 Å². The van der Waals surface area contributed by atoms with Gasteiger partial charge in [-0.25, -0.2) is 0 Å². The normalized spacial score (nSPS) is 25.5. The van der Waals surface area contributed by atoms with E-state index in [9.17, 15) is 4.79 Å². The van der Waals surface area contributed by atoms with Crippen molar-refractivity contribution in [3.8, 4) is 0 Å². The molecule has 0 bridgehead atoms. The molecule has 0 radical (unpaired) electrons. The van der Waals surface area contributed by atoms with E-state index in [-0.39, 0.29) is 12.0 Å². The molecule has 4 heteroatoms. The lowest BCUT2D eigenvalue weighted by Crippen LogP contribution is -2.39. The minimum atomic E-state index is -0.144. The Hall–Kier alpha value is -0.610. The first-order chi connectivity index (χ1) is 8.01. The van der Waals surface area contributed by atoms with Crippen LogP contribution in [-0.4, -0.2) is 30.2 Å². The summed E-state index contributed by atoms with van der Waals surface area (Å²) in [7, 11) is 0. The van der Waals surface area contributed by atoms with Gasteiger partial charge in [0.1, 0.15) is 0 Å². The molecule has 0 aliphatic heterocycles. The van der Waals surface area contributed by atoms with Gasteiger partial charge < -0.3 is 16.2 Å². The predicted octanol–water partition coefficient (Wildman–Crippen LogP) is 0.885. The molecule has 1 saturated carbocycles. The van der Waals surface area contributed by atoms with E-state index < -0.39 is 0 Å². The first-order valence-electron chi connectivity index (χ1n) is 6.66. The first-order valence-corrected chi connectivity index (χ1v) is 6.66. The Morgan fingerprint density at radius 1 is 1.47 bits per heavy atom. The molecule has 1 atom stereocenters. The van der Waals surface area contributed by atoms with Crippen molar-refractivity contribution in [3.63, 3.8) is 0 Å². The summed E-state index contributed by atoms with van der Waals surface area (Å²) in [4.78, 5) is 11.7. The lowest BCUT2D eigenvalue weighted by Gasteiger charge is -2.31. The van der Waals surface area contributed by atoms with Crippen molar-refractivity contribution in [2.75, 3.05) is 13.1 Å². The van der Waals surface area contributed by atoms with E-state index in [2.05, 4.69) is 19.2 Å². The largest absolute Gasteiger partial charge is 0.393 e. The molecule has 1 aliphatic rings. The van der Waals surface area contributed by atoms with Gasteiger partial charge in [-0.15, -0.1) is 0 Å². The van der Waals surface area contributed by atoms with Crippen LogP contribution in [0.5, 0.6) is 0 Å². The number of hydrogen-bond donors (Lipinski definition) is 3. The van der Waals surface area contributed by atoms with Crippen LogP contribution in [0.1, 0.15) is 39.5 Å². The van der Waals surface area contributed by atoms with E-state index >= 15 is 0 Å². The summed E-state index contributed by atoms with van der Waals surface area (Å²) in [5.74, 6) is 1.44. The molecular weight excluding hydrogens is 216 g/mol. The third-order valence-corrected chi connectivity index (χ3v) is 3.41. The number of hydrogen-bond acceptors (Lipinski definition) is 3. The molecule has 17 heavy (non-hydrogen) atoms. The van der Waals surface area contributed by atoms with E-state index in [1.54, 1.807) is 0 Å². The molecule has 4 nitrogen and oxygen atoms in total. The Labute approximate surface area is 104 Å². The van der Waals surface area contributed by atoms with Crippen LogP contribution in [0, 0.1) is 17.8 Å². The summed E-state index contributed by atoms with van der Waals surface area (Å²) in [5.41, 5.74) is 5.67. The van der Waals surface area contributed by atoms with E-state index in [4.69, 9.17) is 10.8 Å². The predicted molar refractivity (Wildman–Crippen MR) is 68.4 cm³/mol. The Morgan fingerprint density at radius 3 is 2.59 bits per heavy atom. The van der Waals surface area contributed by atoms with Crippen LogP contribution in [0.4, 0.5) is 0 Å². The van der Waals surface area contributed by atoms with Gasteiger partial charge in [-0.3, -0.25) is 4.79 Å². The Kier molecular flexibility index (Phi) is 5.92. The average Bonchev–Trinajstić information content (AvgIpc) is 2.21. The maximum Gasteiger partial charge on any atom is 0.220 e. The van der Waals surface area contributed by atoms with Crippen LogP contribution in [-0.2, 0) is 4.79 Å². The van der Waals surface area contributed by atoms with Gasteiger partial charge >= 0.3 is 0 Å². The Bertz CT molecular complexity index is 238. The van der Waals surface area contributed by atoms with Crippen LogP contribution < -0.4 is 11.1 Å². The molecule has 0 aromatic rings. The van der Waals surface area contributed by atoms with Gasteiger partial charge in [0.2, 0.25) is 5.91 Å². The highest BCUT2D eigenvalue weighted by atomic mass is 16.3. The van der Waals surface area contributed by atoms with Gasteiger partial charge in [0.25, 0.3) is 0 Å². The third-order valence-electron chi connectivity index (χ3n) is 3.41. The van der Waals surface area contributed by atoms with E-state index in [1.165, 1.54) is 0 Å². The SMILES string of the molecule is CC(C)CC(CN)CC(=O)NCC1CC(O)C1. The molecule has 1 aliphatic carbocycles. The Balaban J connectivity index is 2.14. The second kappa shape index (κ2) is 6.97. The molecule has 0 spiro atoms. The number of nitrogens with one attached hydrogen (secondary N) is 1. The van der Waals surface area contributed by atoms with Crippen molar-refractivity contribution >= 4 is 5.91 Å². The quantitative estimate of drug-likeness (QED) is 0.620. The second-order valence-corrected chi connectivity index (χ2v) is 5.73. The number of aliphatic hydroxyl groups excluding tert-OH is 1. The van der Waals surface area contributed by atoms with Crippen molar-refractivity contribution in [3.05, 3.63) is 0 Å². The van der Waals surface area contributed by atoms with Crippen molar-refractivity contribution in [2.45, 2.75) is 45.6 Å². The van der Waals surface area contributed by atoms with Crippen molar-refractivity contribution in [1.29, 1.82) is 0 Å². The maximum absolute atomic E-state index is 11.7. The van der Waals surface area contributed by atoms with Crippen LogP contribution >= 0.6 is 0 Å². The standard InChI is InChI=1S/C13H26N2O2/c1-9(2)3-10(7-14)6-13(17)15-8-11-4-12(16)5-11/h9-12,16H,3-8,14H2,1-2H3,(H,15,17). The highest BCUT2D eigenvalue weighted by Crippen LogP contribution is 2.26. The summed E-state index contributed by atoms with van der Waals surface area (Å²) < 4.78 is 0. The van der Waals surface area contributed by atoms with Crippen LogP contribution in [0.15, 0.2) is 0 Å². The number of aliphatic hydroxyl groups is 1. The number of nitrogens with two attached hydrogens (primary N) is 1. The van der Waals surface area contributed by atoms with Crippen molar-refractivity contribution < 1.29 is 9.90 Å². The summed E-state index contributed by atoms with van der Waals surface area (Å²) >= 11 is 0. The fourth-order valence-corrected chi connectivity index (χ4v) is 2.39. The van der Waals surface area contributed by atoms with Gasteiger partial charge in [0, 0.05) is 13.0 Å². The van der Waals surface area contributed by atoms with Gasteiger partial charge in [-0.1, -0.05) is 13.8 Å². The number of carbonyl (C=O) groups is 1. The highest BCUT2D eigenvalue weighted by molar-refractivity contribution is 5.76. The van der Waals surface area contributed by atoms with Crippen LogP contribution in [0.2, 0.25) is 0 Å². The summed E-state index contributed by atoms with van der Waals surface area (Å²) in [5, 5.41) is 12.1. The van der Waals surface area contributed by atoms with Gasteiger partial charge in [0.15, 0.2) is 0 Å². The van der Waals surface area contributed by atoms with Gasteiger partial charge in [-0.2, -0.15) is 0 Å². The molecule has 0 heterocycles. The fourth-order valence-electron chi connectivity index (χ4n) is 2.39. The number of carbonyl (C=O) groups excluding carboxylic acids is 1. The molecule has 4 N–H and O–H groups in total. The smallest absolute Gasteiger partial charge is 0.220 e. The zero-order chi connectivity index (χ0) is 12.8. The molecule has 1 fully saturated rings. The number of amides is 1. The number of rotatable bonds is 7. The highest BCUT2D eigenvalue weighted by Gasteiger charge is 2.27. The molecule has 1 unspecified atom stereocenters.